The Morgan fingerprint density at radius 1 is 1.08 bits per heavy atom. The predicted octanol–water partition coefficient (Wildman–Crippen LogP) is 1.36. The number of aromatic nitrogens is 3. The second-order valence-corrected chi connectivity index (χ2v) is 4.96. The minimum atomic E-state index is -0.596. The third-order valence-electron chi connectivity index (χ3n) is 3.51. The first-order valence-electron chi connectivity index (χ1n) is 7.08. The van der Waals surface area contributed by atoms with Crippen LogP contribution >= 0.6 is 0 Å². The minimum absolute atomic E-state index is 0.206. The second kappa shape index (κ2) is 6.65. The van der Waals surface area contributed by atoms with Crippen molar-refractivity contribution in [3.8, 4) is 17.0 Å². The van der Waals surface area contributed by atoms with Gasteiger partial charge < -0.3 is 4.74 Å². The molecule has 0 radical (unpaired) electrons. The average molecular weight is 329 g/mol. The maximum absolute atomic E-state index is 11.7. The van der Waals surface area contributed by atoms with Gasteiger partial charge in [-0.05, 0) is 30.3 Å². The Hall–Kier alpha value is -2.97. The highest BCUT2D eigenvalue weighted by molar-refractivity contribution is 5.77. The van der Waals surface area contributed by atoms with E-state index < -0.39 is 11.2 Å². The van der Waals surface area contributed by atoms with E-state index in [9.17, 15) is 9.59 Å². The molecule has 0 saturated heterocycles. The Morgan fingerprint density at radius 2 is 1.92 bits per heavy atom. The van der Waals surface area contributed by atoms with Crippen molar-refractivity contribution in [3.05, 3.63) is 56.7 Å². The van der Waals surface area contributed by atoms with Gasteiger partial charge in [0.05, 0.1) is 25.3 Å². The molecule has 2 heterocycles. The van der Waals surface area contributed by atoms with Crippen LogP contribution in [-0.4, -0.2) is 29.2 Å². The zero-order valence-corrected chi connectivity index (χ0v) is 13.1. The van der Waals surface area contributed by atoms with Crippen LogP contribution < -0.4 is 16.0 Å². The van der Waals surface area contributed by atoms with Gasteiger partial charge in [0.1, 0.15) is 18.0 Å². The average Bonchev–Trinajstić information content (AvgIpc) is 2.59. The molecule has 0 unspecified atom stereocenters. The number of benzene rings is 1. The van der Waals surface area contributed by atoms with Crippen molar-refractivity contribution in [1.82, 2.24) is 15.0 Å². The van der Waals surface area contributed by atoms with Crippen LogP contribution in [0.1, 0.15) is 5.56 Å². The Kier molecular flexibility index (Phi) is 4.41. The molecular weight excluding hydrogens is 314 g/mol. The fourth-order valence-electron chi connectivity index (χ4n) is 2.38. The topological polar surface area (TPSA) is 106 Å². The molecule has 0 aliphatic heterocycles. The highest BCUT2D eigenvalue weighted by atomic mass is 17.2. The van der Waals surface area contributed by atoms with Crippen molar-refractivity contribution >= 4 is 11.0 Å². The van der Waals surface area contributed by atoms with Gasteiger partial charge in [0.15, 0.2) is 0 Å². The van der Waals surface area contributed by atoms with Gasteiger partial charge in [-0.25, -0.2) is 19.6 Å². The molecule has 0 aliphatic rings. The molecule has 24 heavy (non-hydrogen) atoms. The molecule has 0 saturated carbocycles. The van der Waals surface area contributed by atoms with E-state index in [1.54, 1.807) is 25.3 Å². The Balaban J connectivity index is 2.09. The molecule has 2 N–H and O–H groups in total. The van der Waals surface area contributed by atoms with E-state index in [1.807, 2.05) is 12.1 Å². The van der Waals surface area contributed by atoms with Crippen LogP contribution in [0.2, 0.25) is 0 Å². The molecule has 8 heteroatoms. The van der Waals surface area contributed by atoms with Gasteiger partial charge >= 0.3 is 5.69 Å². The summed E-state index contributed by atoms with van der Waals surface area (Å²) in [6, 6.07) is 8.78. The Morgan fingerprint density at radius 3 is 2.67 bits per heavy atom. The van der Waals surface area contributed by atoms with Crippen LogP contribution in [0.4, 0.5) is 0 Å². The maximum Gasteiger partial charge on any atom is 0.327 e. The molecule has 3 aromatic rings. The standard InChI is InChI=1S/C16H15N3O5/c1-22-13-6-3-9(7-10(13)8-24-23-2)12-5-4-11-14(17-12)18-16(21)19-15(11)20/h3-7H,8H2,1-2H3,(H2,17,18,19,20,21). The summed E-state index contributed by atoms with van der Waals surface area (Å²) in [6.07, 6.45) is 0. The molecule has 0 bridgehead atoms. The third kappa shape index (κ3) is 3.05. The zero-order valence-electron chi connectivity index (χ0n) is 13.1. The molecule has 0 atom stereocenters. The maximum atomic E-state index is 11.7. The fraction of sp³-hybridized carbons (Fsp3) is 0.188. The highest BCUT2D eigenvalue weighted by Gasteiger charge is 2.09. The predicted molar refractivity (Wildman–Crippen MR) is 86.8 cm³/mol. The summed E-state index contributed by atoms with van der Waals surface area (Å²) in [5.41, 5.74) is 1.32. The number of hydrogen-bond donors (Lipinski definition) is 2. The number of methoxy groups -OCH3 is 1. The summed E-state index contributed by atoms with van der Waals surface area (Å²) in [7, 11) is 2.99. The lowest BCUT2D eigenvalue weighted by Crippen LogP contribution is -2.22. The monoisotopic (exact) mass is 329 g/mol. The molecule has 3 rings (SSSR count). The van der Waals surface area contributed by atoms with Crippen LogP contribution in [0.25, 0.3) is 22.3 Å². The molecule has 1 aromatic carbocycles. The minimum Gasteiger partial charge on any atom is -0.496 e. The van der Waals surface area contributed by atoms with Gasteiger partial charge in [0.2, 0.25) is 0 Å². The number of nitrogens with one attached hydrogen (secondary N) is 2. The van der Waals surface area contributed by atoms with Crippen molar-refractivity contribution < 1.29 is 14.5 Å². The van der Waals surface area contributed by atoms with Crippen LogP contribution in [0.15, 0.2) is 39.9 Å². The molecule has 0 aliphatic carbocycles. The molecule has 0 spiro atoms. The van der Waals surface area contributed by atoms with Gasteiger partial charge in [-0.1, -0.05) is 0 Å². The normalized spacial score (nSPS) is 10.9. The number of aromatic amines is 2. The van der Waals surface area contributed by atoms with Crippen molar-refractivity contribution in [2.75, 3.05) is 14.2 Å². The smallest absolute Gasteiger partial charge is 0.327 e. The number of H-pyrrole nitrogens is 2. The molecule has 0 amide bonds. The summed E-state index contributed by atoms with van der Waals surface area (Å²) >= 11 is 0. The number of ether oxygens (including phenoxy) is 1. The lowest BCUT2D eigenvalue weighted by molar-refractivity contribution is -0.282. The van der Waals surface area contributed by atoms with E-state index in [0.29, 0.717) is 16.8 Å². The summed E-state index contributed by atoms with van der Waals surface area (Å²) in [5.74, 6) is 0.654. The van der Waals surface area contributed by atoms with Crippen molar-refractivity contribution in [2.24, 2.45) is 0 Å². The number of nitrogens with zero attached hydrogens (tertiary/aromatic N) is 1. The molecule has 2 aromatic heterocycles. The molecule has 124 valence electrons. The van der Waals surface area contributed by atoms with Gasteiger partial charge in [-0.2, -0.15) is 0 Å². The first-order valence-corrected chi connectivity index (χ1v) is 7.08. The number of pyridine rings is 1. The van der Waals surface area contributed by atoms with Crippen LogP contribution in [0.5, 0.6) is 5.75 Å². The number of rotatable bonds is 5. The highest BCUT2D eigenvalue weighted by Crippen LogP contribution is 2.26. The second-order valence-electron chi connectivity index (χ2n) is 4.96. The van der Waals surface area contributed by atoms with Crippen molar-refractivity contribution in [2.45, 2.75) is 6.61 Å². The summed E-state index contributed by atoms with van der Waals surface area (Å²) in [4.78, 5) is 41.8. The number of hydrogen-bond acceptors (Lipinski definition) is 6. The largest absolute Gasteiger partial charge is 0.496 e. The van der Waals surface area contributed by atoms with Crippen LogP contribution in [-0.2, 0) is 16.4 Å². The van der Waals surface area contributed by atoms with E-state index in [0.717, 1.165) is 11.1 Å². The molecule has 8 nitrogen and oxygen atoms in total. The molecular formula is C16H15N3O5. The van der Waals surface area contributed by atoms with E-state index in [4.69, 9.17) is 9.62 Å². The van der Waals surface area contributed by atoms with E-state index in [2.05, 4.69) is 19.8 Å². The number of fused-ring (bicyclic) bond motifs is 1. The first kappa shape index (κ1) is 15.9. The van der Waals surface area contributed by atoms with Gasteiger partial charge in [0, 0.05) is 11.1 Å². The van der Waals surface area contributed by atoms with Crippen molar-refractivity contribution in [1.29, 1.82) is 0 Å². The van der Waals surface area contributed by atoms with Crippen molar-refractivity contribution in [3.63, 3.8) is 0 Å². The van der Waals surface area contributed by atoms with Gasteiger partial charge in [0.25, 0.3) is 5.56 Å². The van der Waals surface area contributed by atoms with E-state index in [-0.39, 0.29) is 12.3 Å². The van der Waals surface area contributed by atoms with E-state index in [1.165, 1.54) is 7.11 Å². The Labute approximate surface area is 136 Å². The Bertz CT molecular complexity index is 993. The summed E-state index contributed by atoms with van der Waals surface area (Å²) in [6.45, 7) is 0.206. The fourth-order valence-corrected chi connectivity index (χ4v) is 2.38. The summed E-state index contributed by atoms with van der Waals surface area (Å²) < 4.78 is 5.29. The quantitative estimate of drug-likeness (QED) is 0.541. The molecule has 0 fully saturated rings. The SMILES string of the molecule is COOCc1cc(-c2ccc3c(=O)[nH]c(=O)[nH]c3n2)ccc1OC. The van der Waals surface area contributed by atoms with Crippen LogP contribution in [0, 0.1) is 0 Å². The lowest BCUT2D eigenvalue weighted by Gasteiger charge is -2.10. The first-order chi connectivity index (χ1) is 11.6. The zero-order chi connectivity index (χ0) is 17.1. The van der Waals surface area contributed by atoms with Gasteiger partial charge in [-0.15, -0.1) is 0 Å². The lowest BCUT2D eigenvalue weighted by atomic mass is 10.1. The van der Waals surface area contributed by atoms with Crippen LogP contribution in [0.3, 0.4) is 0 Å². The summed E-state index contributed by atoms with van der Waals surface area (Å²) in [5, 5.41) is 0.315. The van der Waals surface area contributed by atoms with E-state index >= 15 is 0 Å². The van der Waals surface area contributed by atoms with Gasteiger partial charge in [-0.3, -0.25) is 14.8 Å². The third-order valence-corrected chi connectivity index (χ3v) is 3.51.